The normalized spacial score (nSPS) is 11.9. The molecular weight excluding hydrogens is 384 g/mol. The Morgan fingerprint density at radius 1 is 1.07 bits per heavy atom. The summed E-state index contributed by atoms with van der Waals surface area (Å²) >= 11 is 1.50. The van der Waals surface area contributed by atoms with E-state index >= 15 is 0 Å². The van der Waals surface area contributed by atoms with E-state index in [9.17, 15) is 4.79 Å². The number of hydrogen-bond donors (Lipinski definition) is 1. The van der Waals surface area contributed by atoms with Gasteiger partial charge in [0, 0.05) is 12.5 Å². The molecule has 0 fully saturated rings. The molecule has 2 aromatic carbocycles. The van der Waals surface area contributed by atoms with Gasteiger partial charge < -0.3 is 14.8 Å². The van der Waals surface area contributed by atoms with Crippen LogP contribution in [-0.2, 0) is 4.79 Å². The summed E-state index contributed by atoms with van der Waals surface area (Å²) in [6.45, 7) is 9.55. The van der Waals surface area contributed by atoms with Crippen molar-refractivity contribution < 1.29 is 14.3 Å². The van der Waals surface area contributed by atoms with Crippen LogP contribution in [0.25, 0.3) is 10.6 Å². The molecule has 1 aromatic heterocycles. The lowest BCUT2D eigenvalue weighted by Crippen LogP contribution is -2.23. The minimum atomic E-state index is -0.0471. The summed E-state index contributed by atoms with van der Waals surface area (Å²) < 4.78 is 11.7. The molecule has 6 heteroatoms. The molecule has 0 saturated carbocycles. The molecule has 29 heavy (non-hydrogen) atoms. The number of benzene rings is 2. The molecule has 1 amide bonds. The molecule has 0 saturated heterocycles. The average molecular weight is 411 g/mol. The quantitative estimate of drug-likeness (QED) is 0.527. The Morgan fingerprint density at radius 3 is 2.38 bits per heavy atom. The fraction of sp³-hybridized carbons (Fsp3) is 0.304. The van der Waals surface area contributed by atoms with Crippen molar-refractivity contribution in [3.05, 3.63) is 59.8 Å². The van der Waals surface area contributed by atoms with Crippen LogP contribution < -0.4 is 14.8 Å². The Labute approximate surface area is 175 Å². The highest BCUT2D eigenvalue weighted by Gasteiger charge is 2.11. The van der Waals surface area contributed by atoms with Crippen molar-refractivity contribution in [3.8, 4) is 27.1 Å². The van der Waals surface area contributed by atoms with E-state index in [1.165, 1.54) is 18.3 Å². The molecule has 152 valence electrons. The van der Waals surface area contributed by atoms with Gasteiger partial charge >= 0.3 is 0 Å². The zero-order valence-corrected chi connectivity index (χ0v) is 18.2. The first-order valence-electron chi connectivity index (χ1n) is 9.60. The minimum Gasteiger partial charge on any atom is -0.491 e. The average Bonchev–Trinajstić information content (AvgIpc) is 3.09. The number of aromatic nitrogens is 1. The lowest BCUT2D eigenvalue weighted by Gasteiger charge is -2.13. The van der Waals surface area contributed by atoms with Crippen molar-refractivity contribution >= 4 is 17.2 Å². The number of rotatable bonds is 7. The largest absolute Gasteiger partial charge is 0.491 e. The molecule has 0 radical (unpaired) electrons. The van der Waals surface area contributed by atoms with Gasteiger partial charge in [0.2, 0.25) is 11.0 Å². The van der Waals surface area contributed by atoms with Crippen molar-refractivity contribution in [2.75, 3.05) is 0 Å². The molecule has 0 spiro atoms. The zero-order valence-electron chi connectivity index (χ0n) is 17.4. The van der Waals surface area contributed by atoms with Crippen molar-refractivity contribution in [1.82, 2.24) is 10.3 Å². The predicted molar refractivity (Wildman–Crippen MR) is 117 cm³/mol. The molecule has 3 rings (SSSR count). The fourth-order valence-electron chi connectivity index (χ4n) is 2.98. The van der Waals surface area contributed by atoms with Crippen LogP contribution in [0.3, 0.4) is 0 Å². The first-order chi connectivity index (χ1) is 13.8. The maximum atomic E-state index is 11.2. The Balaban J connectivity index is 1.70. The highest BCUT2D eigenvalue weighted by atomic mass is 32.1. The number of thiazole rings is 1. The van der Waals surface area contributed by atoms with Crippen LogP contribution in [-0.4, -0.2) is 17.0 Å². The van der Waals surface area contributed by atoms with Crippen LogP contribution in [0.1, 0.15) is 44.9 Å². The Hall–Kier alpha value is -2.86. The first-order valence-corrected chi connectivity index (χ1v) is 10.4. The molecule has 1 heterocycles. The van der Waals surface area contributed by atoms with E-state index in [4.69, 9.17) is 9.47 Å². The van der Waals surface area contributed by atoms with Gasteiger partial charge in [0.15, 0.2) is 0 Å². The molecule has 3 aromatic rings. The second-order valence-electron chi connectivity index (χ2n) is 7.22. The van der Waals surface area contributed by atoms with E-state index in [2.05, 4.69) is 17.2 Å². The summed E-state index contributed by atoms with van der Waals surface area (Å²) in [5.74, 6) is 1.55. The van der Waals surface area contributed by atoms with E-state index in [0.717, 1.165) is 38.3 Å². The summed E-state index contributed by atoms with van der Waals surface area (Å²) in [7, 11) is 0. The Bertz CT molecular complexity index is 980. The molecule has 0 aliphatic carbocycles. The number of hydrogen-bond acceptors (Lipinski definition) is 5. The third-order valence-corrected chi connectivity index (χ3v) is 5.21. The Morgan fingerprint density at radius 2 is 1.76 bits per heavy atom. The number of ether oxygens (including phenoxy) is 2. The van der Waals surface area contributed by atoms with Crippen LogP contribution in [0.15, 0.2) is 48.7 Å². The van der Waals surface area contributed by atoms with E-state index in [1.54, 1.807) is 6.20 Å². The smallest absolute Gasteiger partial charge is 0.217 e. The number of nitrogens with zero attached hydrogens (tertiary/aromatic N) is 1. The number of aryl methyl sites for hydroxylation is 1. The second-order valence-corrected chi connectivity index (χ2v) is 8.21. The maximum absolute atomic E-state index is 11.2. The first kappa shape index (κ1) is 20.9. The monoisotopic (exact) mass is 410 g/mol. The van der Waals surface area contributed by atoms with Gasteiger partial charge in [-0.3, -0.25) is 4.79 Å². The summed E-state index contributed by atoms with van der Waals surface area (Å²) in [5, 5.41) is 4.51. The number of amides is 1. The molecule has 0 aliphatic heterocycles. The van der Waals surface area contributed by atoms with Gasteiger partial charge in [0.05, 0.1) is 18.3 Å². The SMILES string of the molecule is CC(=O)NC(C)c1ccc(Oc2cnc(-c3ccc(OC(C)C)cc3C)s2)cc1. The zero-order chi connectivity index (χ0) is 21.0. The molecular formula is C23H26N2O3S. The van der Waals surface area contributed by atoms with E-state index in [-0.39, 0.29) is 18.1 Å². The Kier molecular flexibility index (Phi) is 6.54. The van der Waals surface area contributed by atoms with Crippen LogP contribution >= 0.6 is 11.3 Å². The standard InChI is InChI=1S/C23H26N2O3S/c1-14(2)27-20-10-11-21(15(3)12-20)23-24-13-22(29-23)28-19-8-6-18(7-9-19)16(4)25-17(5)26/h6-14,16H,1-5H3,(H,25,26). The van der Waals surface area contributed by atoms with Crippen molar-refractivity contribution in [2.24, 2.45) is 0 Å². The topological polar surface area (TPSA) is 60.5 Å². The summed E-state index contributed by atoms with van der Waals surface area (Å²) in [5.41, 5.74) is 3.21. The molecule has 5 nitrogen and oxygen atoms in total. The lowest BCUT2D eigenvalue weighted by molar-refractivity contribution is -0.119. The van der Waals surface area contributed by atoms with Gasteiger partial charge in [-0.25, -0.2) is 4.98 Å². The van der Waals surface area contributed by atoms with Gasteiger partial charge in [-0.1, -0.05) is 23.5 Å². The van der Waals surface area contributed by atoms with Gasteiger partial charge in [0.1, 0.15) is 16.5 Å². The fourth-order valence-corrected chi connectivity index (χ4v) is 3.86. The third kappa shape index (κ3) is 5.57. The van der Waals surface area contributed by atoms with Crippen LogP contribution in [0, 0.1) is 6.92 Å². The maximum Gasteiger partial charge on any atom is 0.217 e. The second kappa shape index (κ2) is 9.09. The lowest BCUT2D eigenvalue weighted by atomic mass is 10.1. The van der Waals surface area contributed by atoms with E-state index in [1.807, 2.05) is 63.2 Å². The number of nitrogens with one attached hydrogen (secondary N) is 1. The molecule has 0 aliphatic rings. The van der Waals surface area contributed by atoms with Crippen LogP contribution in [0.4, 0.5) is 0 Å². The van der Waals surface area contributed by atoms with Gasteiger partial charge in [-0.05, 0) is 69.2 Å². The minimum absolute atomic E-state index is 0.0396. The summed E-state index contributed by atoms with van der Waals surface area (Å²) in [4.78, 5) is 15.7. The summed E-state index contributed by atoms with van der Waals surface area (Å²) in [6.07, 6.45) is 1.89. The van der Waals surface area contributed by atoms with Crippen molar-refractivity contribution in [1.29, 1.82) is 0 Å². The van der Waals surface area contributed by atoms with Gasteiger partial charge in [-0.2, -0.15) is 0 Å². The van der Waals surface area contributed by atoms with Gasteiger partial charge in [-0.15, -0.1) is 0 Å². The number of carbonyl (C=O) groups excluding carboxylic acids is 1. The van der Waals surface area contributed by atoms with Crippen LogP contribution in [0.5, 0.6) is 16.6 Å². The van der Waals surface area contributed by atoms with Crippen LogP contribution in [0.2, 0.25) is 0 Å². The molecule has 1 atom stereocenters. The van der Waals surface area contributed by atoms with E-state index in [0.29, 0.717) is 0 Å². The highest BCUT2D eigenvalue weighted by Crippen LogP contribution is 2.36. The highest BCUT2D eigenvalue weighted by molar-refractivity contribution is 7.16. The summed E-state index contributed by atoms with van der Waals surface area (Å²) in [6, 6.07) is 13.7. The molecule has 0 bridgehead atoms. The van der Waals surface area contributed by atoms with E-state index < -0.39 is 0 Å². The van der Waals surface area contributed by atoms with Crippen molar-refractivity contribution in [2.45, 2.75) is 46.8 Å². The number of carbonyl (C=O) groups is 1. The molecule has 1 unspecified atom stereocenters. The predicted octanol–water partition coefficient (Wildman–Crippen LogP) is 5.90. The molecule has 1 N–H and O–H groups in total. The third-order valence-electron chi connectivity index (χ3n) is 4.30. The van der Waals surface area contributed by atoms with Crippen molar-refractivity contribution in [3.63, 3.8) is 0 Å². The van der Waals surface area contributed by atoms with Gasteiger partial charge in [0.25, 0.3) is 0 Å².